The number of hydrogen-bond acceptors (Lipinski definition) is 5. The lowest BCUT2D eigenvalue weighted by Gasteiger charge is -2.32. The quantitative estimate of drug-likeness (QED) is 0.757. The topological polar surface area (TPSA) is 47.5 Å². The Morgan fingerprint density at radius 3 is 2.23 bits per heavy atom. The second kappa shape index (κ2) is 6.85. The monoisotopic (exact) mass is 369 g/mol. The average Bonchev–Trinajstić information content (AvgIpc) is 2.82. The van der Waals surface area contributed by atoms with Crippen molar-refractivity contribution in [2.45, 2.75) is 58.2 Å². The van der Waals surface area contributed by atoms with Gasteiger partial charge in [0.15, 0.2) is 0 Å². The minimum absolute atomic E-state index is 0.306. The number of nitrogens with zero attached hydrogens (tertiary/aromatic N) is 3. The van der Waals surface area contributed by atoms with E-state index in [1.165, 1.54) is 6.07 Å². The molecule has 2 aliphatic rings. The van der Waals surface area contributed by atoms with Crippen LogP contribution in [0.15, 0.2) is 23.7 Å². The minimum atomic E-state index is -2.64. The summed E-state index contributed by atoms with van der Waals surface area (Å²) in [4.78, 5) is 9.48. The second-order valence-corrected chi connectivity index (χ2v) is 7.63. The number of anilines is 1. The average molecular weight is 369 g/mol. The van der Waals surface area contributed by atoms with Gasteiger partial charge in [-0.3, -0.25) is 0 Å². The molecule has 0 radical (unpaired) electrons. The zero-order valence-corrected chi connectivity index (χ0v) is 15.4. The lowest BCUT2D eigenvalue weighted by molar-refractivity contribution is 0.00578. The van der Waals surface area contributed by atoms with Crippen molar-refractivity contribution in [3.8, 4) is 0 Å². The highest BCUT2D eigenvalue weighted by molar-refractivity contribution is 6.53. The van der Waals surface area contributed by atoms with Gasteiger partial charge >= 0.3 is 7.12 Å². The molecule has 9 heteroatoms. The van der Waals surface area contributed by atoms with Crippen LogP contribution in [0.4, 0.5) is 19.0 Å². The lowest BCUT2D eigenvalue weighted by atomic mass is 9.82. The molecule has 3 heterocycles. The van der Waals surface area contributed by atoms with E-state index in [2.05, 4.69) is 9.97 Å². The van der Waals surface area contributed by atoms with Crippen molar-refractivity contribution in [2.75, 3.05) is 18.0 Å². The van der Waals surface area contributed by atoms with Crippen LogP contribution in [-0.2, 0) is 9.31 Å². The molecule has 2 aliphatic heterocycles. The molecule has 3 rings (SSSR count). The molecule has 0 amide bonds. The Balaban J connectivity index is 1.68. The molecule has 5 nitrogen and oxygen atoms in total. The fourth-order valence-corrected chi connectivity index (χ4v) is 3.01. The third-order valence-electron chi connectivity index (χ3n) is 5.39. The Morgan fingerprint density at radius 2 is 1.69 bits per heavy atom. The number of halogens is 3. The molecule has 2 fully saturated rings. The summed E-state index contributed by atoms with van der Waals surface area (Å²) >= 11 is 0. The van der Waals surface area contributed by atoms with Gasteiger partial charge in [0.1, 0.15) is 23.6 Å². The van der Waals surface area contributed by atoms with Gasteiger partial charge in [-0.1, -0.05) is 0 Å². The van der Waals surface area contributed by atoms with E-state index in [-0.39, 0.29) is 11.4 Å². The molecule has 2 saturated heterocycles. The van der Waals surface area contributed by atoms with E-state index in [9.17, 15) is 13.2 Å². The van der Waals surface area contributed by atoms with Crippen LogP contribution >= 0.6 is 0 Å². The molecule has 0 aromatic carbocycles. The molecule has 0 N–H and O–H groups in total. The lowest BCUT2D eigenvalue weighted by Crippen LogP contribution is -2.41. The van der Waals surface area contributed by atoms with Gasteiger partial charge in [-0.05, 0) is 46.1 Å². The SMILES string of the molecule is CC1(C)OB(C(F)=C2CCN(c3cc(C(F)F)ncn3)CC2)OC1(C)C. The van der Waals surface area contributed by atoms with Crippen LogP contribution in [0.25, 0.3) is 0 Å². The molecule has 0 atom stereocenters. The smallest absolute Gasteiger partial charge is 0.398 e. The number of rotatable bonds is 3. The van der Waals surface area contributed by atoms with Crippen LogP contribution in [0.3, 0.4) is 0 Å². The van der Waals surface area contributed by atoms with Gasteiger partial charge in [0.2, 0.25) is 0 Å². The first-order valence-corrected chi connectivity index (χ1v) is 8.69. The maximum atomic E-state index is 14.9. The van der Waals surface area contributed by atoms with Crippen LogP contribution in [0, 0.1) is 0 Å². The summed E-state index contributed by atoms with van der Waals surface area (Å²) in [6.45, 7) is 8.49. The molecule has 0 saturated carbocycles. The van der Waals surface area contributed by atoms with Crippen molar-refractivity contribution >= 4 is 12.9 Å². The summed E-state index contributed by atoms with van der Waals surface area (Å²) in [7, 11) is -0.994. The van der Waals surface area contributed by atoms with Gasteiger partial charge < -0.3 is 14.2 Å². The van der Waals surface area contributed by atoms with Crippen molar-refractivity contribution in [3.63, 3.8) is 0 Å². The van der Waals surface area contributed by atoms with Crippen molar-refractivity contribution in [1.29, 1.82) is 0 Å². The molecule has 0 bridgehead atoms. The standard InChI is InChI=1S/C17H23BF3N3O2/c1-16(2)17(3,4)26-18(25-16)14(19)11-5-7-24(8-6-11)13-9-12(15(20)21)22-10-23-13/h9-10,15H,5-8H2,1-4H3. The Kier molecular flexibility index (Phi) is 5.05. The number of piperidine rings is 1. The summed E-state index contributed by atoms with van der Waals surface area (Å²) in [5, 5.41) is 0. The van der Waals surface area contributed by atoms with E-state index in [1.54, 1.807) is 0 Å². The number of alkyl halides is 2. The van der Waals surface area contributed by atoms with Gasteiger partial charge in [0, 0.05) is 19.2 Å². The zero-order chi connectivity index (χ0) is 19.1. The highest BCUT2D eigenvalue weighted by atomic mass is 19.3. The van der Waals surface area contributed by atoms with Crippen LogP contribution in [0.1, 0.15) is 52.7 Å². The summed E-state index contributed by atoms with van der Waals surface area (Å²) in [6, 6.07) is 1.28. The van der Waals surface area contributed by atoms with Gasteiger partial charge in [0.05, 0.1) is 11.2 Å². The Hall–Kier alpha value is -1.61. The normalized spacial score (nSPS) is 22.2. The molecule has 142 valence electrons. The van der Waals surface area contributed by atoms with Crippen LogP contribution < -0.4 is 4.90 Å². The highest BCUT2D eigenvalue weighted by Crippen LogP contribution is 2.40. The van der Waals surface area contributed by atoms with E-state index in [4.69, 9.17) is 9.31 Å². The number of hydrogen-bond donors (Lipinski definition) is 0. The van der Waals surface area contributed by atoms with Gasteiger partial charge in [-0.25, -0.2) is 23.1 Å². The zero-order valence-electron chi connectivity index (χ0n) is 15.4. The van der Waals surface area contributed by atoms with Crippen molar-refractivity contribution in [3.05, 3.63) is 29.4 Å². The van der Waals surface area contributed by atoms with E-state index < -0.39 is 24.7 Å². The van der Waals surface area contributed by atoms with Crippen molar-refractivity contribution in [2.24, 2.45) is 0 Å². The molecule has 1 aromatic rings. The molecule has 0 spiro atoms. The van der Waals surface area contributed by atoms with Crippen LogP contribution in [0.5, 0.6) is 0 Å². The number of aromatic nitrogens is 2. The van der Waals surface area contributed by atoms with Gasteiger partial charge in [-0.15, -0.1) is 0 Å². The van der Waals surface area contributed by atoms with Crippen molar-refractivity contribution < 1.29 is 22.5 Å². The van der Waals surface area contributed by atoms with Crippen LogP contribution in [-0.4, -0.2) is 41.4 Å². The predicted molar refractivity (Wildman–Crippen MR) is 92.7 cm³/mol. The first-order chi connectivity index (χ1) is 12.1. The third-order valence-corrected chi connectivity index (χ3v) is 5.39. The summed E-state index contributed by atoms with van der Waals surface area (Å²) in [5.41, 5.74) is -1.23. The summed E-state index contributed by atoms with van der Waals surface area (Å²) < 4.78 is 52.0. The molecule has 0 aliphatic carbocycles. The summed E-state index contributed by atoms with van der Waals surface area (Å²) in [6.07, 6.45) is -0.584. The fourth-order valence-electron chi connectivity index (χ4n) is 3.01. The highest BCUT2D eigenvalue weighted by Gasteiger charge is 2.53. The Bertz CT molecular complexity index is 686. The minimum Gasteiger partial charge on any atom is -0.398 e. The third kappa shape index (κ3) is 3.60. The van der Waals surface area contributed by atoms with Crippen molar-refractivity contribution in [1.82, 2.24) is 9.97 Å². The maximum absolute atomic E-state index is 14.9. The van der Waals surface area contributed by atoms with E-state index in [0.29, 0.717) is 37.3 Å². The molecule has 1 aromatic heterocycles. The Morgan fingerprint density at radius 1 is 1.12 bits per heavy atom. The molecule has 26 heavy (non-hydrogen) atoms. The van der Waals surface area contributed by atoms with E-state index >= 15 is 0 Å². The second-order valence-electron chi connectivity index (χ2n) is 7.63. The largest absolute Gasteiger partial charge is 0.525 e. The van der Waals surface area contributed by atoms with Gasteiger partial charge in [-0.2, -0.15) is 0 Å². The van der Waals surface area contributed by atoms with E-state index in [0.717, 1.165) is 6.33 Å². The van der Waals surface area contributed by atoms with E-state index in [1.807, 2.05) is 32.6 Å². The molecular weight excluding hydrogens is 346 g/mol. The Labute approximate surface area is 151 Å². The molecule has 0 unspecified atom stereocenters. The first kappa shape index (κ1) is 19.2. The van der Waals surface area contributed by atoms with Crippen LogP contribution in [0.2, 0.25) is 0 Å². The fraction of sp³-hybridized carbons (Fsp3) is 0.647. The molecular formula is C17H23BF3N3O2. The first-order valence-electron chi connectivity index (χ1n) is 8.69. The maximum Gasteiger partial charge on any atom is 0.525 e. The summed E-state index contributed by atoms with van der Waals surface area (Å²) in [5.74, 6) is 0.436. The van der Waals surface area contributed by atoms with Gasteiger partial charge in [0.25, 0.3) is 6.43 Å². The predicted octanol–water partition coefficient (Wildman–Crippen LogP) is 3.87.